The van der Waals surface area contributed by atoms with Crippen molar-refractivity contribution in [1.82, 2.24) is 20.1 Å². The molecule has 140 valence electrons. The van der Waals surface area contributed by atoms with E-state index in [-0.39, 0.29) is 11.7 Å². The van der Waals surface area contributed by atoms with Gasteiger partial charge in [-0.1, -0.05) is 42.1 Å². The van der Waals surface area contributed by atoms with Gasteiger partial charge in [0.25, 0.3) is 0 Å². The van der Waals surface area contributed by atoms with Crippen LogP contribution in [0, 0.1) is 5.92 Å². The zero-order valence-corrected chi connectivity index (χ0v) is 15.0. The van der Waals surface area contributed by atoms with Gasteiger partial charge in [-0.05, 0) is 25.7 Å². The summed E-state index contributed by atoms with van der Waals surface area (Å²) < 4.78 is 38.5. The monoisotopic (exact) mass is 384 g/mol. The number of amides is 1. The van der Waals surface area contributed by atoms with E-state index in [1.807, 2.05) is 30.3 Å². The van der Waals surface area contributed by atoms with Gasteiger partial charge in [0.2, 0.25) is 11.1 Å². The van der Waals surface area contributed by atoms with Gasteiger partial charge in [0.15, 0.2) is 5.82 Å². The van der Waals surface area contributed by atoms with Crippen molar-refractivity contribution in [1.29, 1.82) is 0 Å². The number of hydrogen-bond acceptors (Lipinski definition) is 4. The smallest absolute Gasteiger partial charge is 0.330 e. The molecule has 0 bridgehead atoms. The van der Waals surface area contributed by atoms with Crippen molar-refractivity contribution in [2.24, 2.45) is 5.92 Å². The van der Waals surface area contributed by atoms with Crippen LogP contribution in [-0.2, 0) is 4.79 Å². The third kappa shape index (κ3) is 5.00. The van der Waals surface area contributed by atoms with Crippen molar-refractivity contribution in [3.05, 3.63) is 30.3 Å². The number of H-pyrrole nitrogens is 1. The van der Waals surface area contributed by atoms with Crippen LogP contribution < -0.4 is 0 Å². The van der Waals surface area contributed by atoms with Gasteiger partial charge in [-0.3, -0.25) is 9.89 Å². The predicted octanol–water partition coefficient (Wildman–Crippen LogP) is 3.75. The molecule has 1 N–H and O–H groups in total. The molecular formula is C17H19F3N4OS. The summed E-state index contributed by atoms with van der Waals surface area (Å²) in [4.78, 5) is 17.6. The van der Waals surface area contributed by atoms with Gasteiger partial charge in [-0.15, -0.1) is 5.10 Å². The summed E-state index contributed by atoms with van der Waals surface area (Å²) in [7, 11) is 0. The minimum absolute atomic E-state index is 0.126. The molecule has 1 aliphatic carbocycles. The molecule has 1 atom stereocenters. The summed E-state index contributed by atoms with van der Waals surface area (Å²) in [5, 5.41) is 7.14. The van der Waals surface area contributed by atoms with Crippen LogP contribution in [0.15, 0.2) is 35.5 Å². The number of alkyl halides is 3. The van der Waals surface area contributed by atoms with Crippen molar-refractivity contribution in [3.8, 4) is 11.4 Å². The normalized spacial score (nSPS) is 15.7. The minimum atomic E-state index is -4.41. The number of halogens is 3. The maximum Gasteiger partial charge on any atom is 0.406 e. The molecule has 1 fully saturated rings. The van der Waals surface area contributed by atoms with E-state index in [1.54, 1.807) is 6.92 Å². The molecule has 0 unspecified atom stereocenters. The number of carbonyl (C=O) groups is 1. The fourth-order valence-corrected chi connectivity index (χ4v) is 3.42. The summed E-state index contributed by atoms with van der Waals surface area (Å²) in [5.74, 6) is 0.0514. The lowest BCUT2D eigenvalue weighted by molar-refractivity contribution is -0.164. The van der Waals surface area contributed by atoms with Crippen molar-refractivity contribution in [2.75, 3.05) is 12.3 Å². The summed E-state index contributed by atoms with van der Waals surface area (Å²) in [6, 6.07) is 8.93. The molecule has 1 heterocycles. The second-order valence-corrected chi connectivity index (χ2v) is 7.28. The van der Waals surface area contributed by atoms with Crippen molar-refractivity contribution < 1.29 is 18.0 Å². The molecule has 1 amide bonds. The highest BCUT2D eigenvalue weighted by molar-refractivity contribution is 7.99. The summed E-state index contributed by atoms with van der Waals surface area (Å²) in [5.41, 5.74) is 0.847. The Morgan fingerprint density at radius 2 is 2.04 bits per heavy atom. The van der Waals surface area contributed by atoms with Crippen molar-refractivity contribution in [2.45, 2.75) is 37.1 Å². The Morgan fingerprint density at radius 3 is 2.65 bits per heavy atom. The molecule has 1 aromatic heterocycles. The van der Waals surface area contributed by atoms with Gasteiger partial charge in [-0.25, -0.2) is 4.98 Å². The Kier molecular flexibility index (Phi) is 5.55. The Bertz CT molecular complexity index is 746. The van der Waals surface area contributed by atoms with Gasteiger partial charge < -0.3 is 4.90 Å². The first kappa shape index (κ1) is 18.8. The average Bonchev–Trinajstić information content (AvgIpc) is 3.35. The van der Waals surface area contributed by atoms with Crippen LogP contribution in [0.2, 0.25) is 0 Å². The van der Waals surface area contributed by atoms with E-state index >= 15 is 0 Å². The molecule has 1 aromatic carbocycles. The molecule has 0 spiro atoms. The highest BCUT2D eigenvalue weighted by atomic mass is 32.2. The fourth-order valence-electron chi connectivity index (χ4n) is 2.73. The van der Waals surface area contributed by atoms with Gasteiger partial charge in [0, 0.05) is 11.6 Å². The third-order valence-corrected chi connectivity index (χ3v) is 5.13. The summed E-state index contributed by atoms with van der Waals surface area (Å²) in [6.45, 7) is 0.472. The molecule has 0 aliphatic heterocycles. The van der Waals surface area contributed by atoms with Gasteiger partial charge >= 0.3 is 6.18 Å². The number of hydrogen-bond donors (Lipinski definition) is 1. The Hall–Kier alpha value is -2.03. The first-order valence-corrected chi connectivity index (χ1v) is 9.29. The van der Waals surface area contributed by atoms with E-state index in [0.717, 1.165) is 35.1 Å². The van der Waals surface area contributed by atoms with Crippen LogP contribution in [0.1, 0.15) is 19.8 Å². The number of nitrogens with zero attached hydrogens (tertiary/aromatic N) is 3. The molecule has 1 aliphatic rings. The SMILES string of the molecule is C[C@@H](C1CC1)N(CC(F)(F)F)C(=O)CSc1n[nH]c(-c2ccccc2)n1. The number of aromatic nitrogens is 3. The lowest BCUT2D eigenvalue weighted by Crippen LogP contribution is -2.46. The van der Waals surface area contributed by atoms with E-state index in [9.17, 15) is 18.0 Å². The molecule has 0 saturated heterocycles. The minimum Gasteiger partial charge on any atom is -0.330 e. The van der Waals surface area contributed by atoms with Crippen LogP contribution in [-0.4, -0.2) is 50.5 Å². The quantitative estimate of drug-likeness (QED) is 0.739. The lowest BCUT2D eigenvalue weighted by Gasteiger charge is -2.30. The molecule has 1 saturated carbocycles. The van der Waals surface area contributed by atoms with E-state index in [2.05, 4.69) is 15.2 Å². The second kappa shape index (κ2) is 7.69. The fraction of sp³-hybridized carbons (Fsp3) is 0.471. The standard InChI is InChI=1S/C17H19F3N4OS/c1-11(12-7-8-12)24(10-17(18,19)20)14(25)9-26-16-21-15(22-23-16)13-5-3-2-4-6-13/h2-6,11-12H,7-10H2,1H3,(H,21,22,23)/t11-/m0/s1. The molecule has 5 nitrogen and oxygen atoms in total. The van der Waals surface area contributed by atoms with E-state index in [4.69, 9.17) is 0 Å². The number of thioether (sulfide) groups is 1. The molecule has 0 radical (unpaired) electrons. The molecule has 9 heteroatoms. The van der Waals surface area contributed by atoms with E-state index < -0.39 is 24.7 Å². The first-order chi connectivity index (χ1) is 12.3. The Balaban J connectivity index is 1.62. The average molecular weight is 384 g/mol. The maximum absolute atomic E-state index is 12.8. The van der Waals surface area contributed by atoms with Crippen LogP contribution >= 0.6 is 11.8 Å². The van der Waals surface area contributed by atoms with E-state index in [1.165, 1.54) is 0 Å². The zero-order valence-electron chi connectivity index (χ0n) is 14.2. The van der Waals surface area contributed by atoms with Crippen molar-refractivity contribution >= 4 is 17.7 Å². The first-order valence-electron chi connectivity index (χ1n) is 8.30. The number of nitrogens with one attached hydrogen (secondary N) is 1. The number of carbonyl (C=O) groups excluding carboxylic acids is 1. The van der Waals surface area contributed by atoms with Crippen molar-refractivity contribution in [3.63, 3.8) is 0 Å². The molecular weight excluding hydrogens is 365 g/mol. The highest BCUT2D eigenvalue weighted by Gasteiger charge is 2.40. The van der Waals surface area contributed by atoms with Gasteiger partial charge in [-0.2, -0.15) is 13.2 Å². The van der Waals surface area contributed by atoms with Gasteiger partial charge in [0.1, 0.15) is 6.54 Å². The predicted molar refractivity (Wildman–Crippen MR) is 92.5 cm³/mol. The highest BCUT2D eigenvalue weighted by Crippen LogP contribution is 2.36. The zero-order chi connectivity index (χ0) is 18.7. The van der Waals surface area contributed by atoms with Crippen LogP contribution in [0.3, 0.4) is 0 Å². The van der Waals surface area contributed by atoms with E-state index in [0.29, 0.717) is 11.0 Å². The molecule has 26 heavy (non-hydrogen) atoms. The molecule has 2 aromatic rings. The Labute approximate surface area is 153 Å². The number of benzene rings is 1. The third-order valence-electron chi connectivity index (χ3n) is 4.30. The lowest BCUT2D eigenvalue weighted by atomic mass is 10.2. The molecule has 3 rings (SSSR count). The summed E-state index contributed by atoms with van der Waals surface area (Å²) in [6.07, 6.45) is -2.66. The van der Waals surface area contributed by atoms with Crippen LogP contribution in [0.25, 0.3) is 11.4 Å². The second-order valence-electron chi connectivity index (χ2n) is 6.34. The van der Waals surface area contributed by atoms with Gasteiger partial charge in [0.05, 0.1) is 5.75 Å². The number of rotatable bonds is 7. The Morgan fingerprint density at radius 1 is 1.35 bits per heavy atom. The summed E-state index contributed by atoms with van der Waals surface area (Å²) >= 11 is 1.04. The maximum atomic E-state index is 12.8. The topological polar surface area (TPSA) is 61.9 Å². The van der Waals surface area contributed by atoms with Crippen LogP contribution in [0.4, 0.5) is 13.2 Å². The van der Waals surface area contributed by atoms with Crippen LogP contribution in [0.5, 0.6) is 0 Å². The number of aromatic amines is 1. The largest absolute Gasteiger partial charge is 0.406 e.